The topological polar surface area (TPSA) is 47.0 Å². The van der Waals surface area contributed by atoms with Gasteiger partial charge in [-0.05, 0) is 41.1 Å². The summed E-state index contributed by atoms with van der Waals surface area (Å²) in [5.41, 5.74) is 0. The highest BCUT2D eigenvalue weighted by Gasteiger charge is 2.05. The molecule has 1 N–H and O–H groups in total. The summed E-state index contributed by atoms with van der Waals surface area (Å²) in [6.45, 7) is 2.81. The van der Waals surface area contributed by atoms with Gasteiger partial charge in [-0.2, -0.15) is 0 Å². The van der Waals surface area contributed by atoms with Crippen molar-refractivity contribution < 1.29 is 4.74 Å². The monoisotopic (exact) mass is 371 g/mol. The van der Waals surface area contributed by atoms with Crippen molar-refractivity contribution in [3.8, 4) is 11.6 Å². The van der Waals surface area contributed by atoms with E-state index in [4.69, 9.17) is 4.74 Å². The maximum absolute atomic E-state index is 5.69. The van der Waals surface area contributed by atoms with E-state index in [1.807, 2.05) is 25.1 Å². The van der Waals surface area contributed by atoms with Gasteiger partial charge in [-0.1, -0.05) is 15.9 Å². The lowest BCUT2D eigenvalue weighted by Crippen LogP contribution is -2.00. The van der Waals surface area contributed by atoms with E-state index in [1.165, 1.54) is 6.33 Å². The van der Waals surface area contributed by atoms with Crippen LogP contribution in [0.5, 0.6) is 11.6 Å². The highest BCUT2D eigenvalue weighted by molar-refractivity contribution is 9.11. The Bertz CT molecular complexity index is 549. The molecule has 0 fully saturated rings. The molecule has 1 heterocycles. The molecule has 1 aromatic heterocycles. The van der Waals surface area contributed by atoms with E-state index in [-0.39, 0.29) is 0 Å². The van der Waals surface area contributed by atoms with Crippen LogP contribution in [0.2, 0.25) is 0 Å². The van der Waals surface area contributed by atoms with Crippen molar-refractivity contribution in [2.75, 3.05) is 11.9 Å². The number of rotatable bonds is 4. The molecule has 94 valence electrons. The quantitative estimate of drug-likeness (QED) is 0.872. The molecule has 0 bridgehead atoms. The fourth-order valence-corrected chi connectivity index (χ4v) is 2.47. The molecular formula is C12H11Br2N3O. The third-order valence-corrected chi connectivity index (χ3v) is 3.22. The van der Waals surface area contributed by atoms with E-state index in [1.54, 1.807) is 6.07 Å². The molecule has 2 aromatic rings. The van der Waals surface area contributed by atoms with Gasteiger partial charge in [-0.15, -0.1) is 0 Å². The summed E-state index contributed by atoms with van der Waals surface area (Å²) >= 11 is 6.83. The van der Waals surface area contributed by atoms with Crippen LogP contribution < -0.4 is 10.1 Å². The van der Waals surface area contributed by atoms with E-state index >= 15 is 0 Å². The largest absolute Gasteiger partial charge is 0.438 e. The first-order chi connectivity index (χ1) is 8.69. The molecule has 0 amide bonds. The number of halogens is 2. The second kappa shape index (κ2) is 6.15. The third-order valence-electron chi connectivity index (χ3n) is 2.11. The molecule has 0 aliphatic carbocycles. The Morgan fingerprint density at radius 3 is 2.78 bits per heavy atom. The van der Waals surface area contributed by atoms with Crippen LogP contribution in [0, 0.1) is 0 Å². The Balaban J connectivity index is 2.20. The summed E-state index contributed by atoms with van der Waals surface area (Å²) in [6.07, 6.45) is 1.47. The Hall–Kier alpha value is -1.14. The van der Waals surface area contributed by atoms with Crippen LogP contribution in [0.15, 0.2) is 39.5 Å². The zero-order valence-corrected chi connectivity index (χ0v) is 12.8. The highest BCUT2D eigenvalue weighted by atomic mass is 79.9. The van der Waals surface area contributed by atoms with E-state index in [2.05, 4.69) is 47.1 Å². The summed E-state index contributed by atoms with van der Waals surface area (Å²) in [5.74, 6) is 1.96. The van der Waals surface area contributed by atoms with Gasteiger partial charge >= 0.3 is 0 Å². The number of anilines is 1. The Kier molecular flexibility index (Phi) is 4.54. The molecule has 18 heavy (non-hydrogen) atoms. The molecule has 0 saturated carbocycles. The van der Waals surface area contributed by atoms with Gasteiger partial charge in [0, 0.05) is 17.1 Å². The maximum Gasteiger partial charge on any atom is 0.224 e. The molecule has 0 unspecified atom stereocenters. The van der Waals surface area contributed by atoms with Crippen molar-refractivity contribution in [2.24, 2.45) is 0 Å². The zero-order chi connectivity index (χ0) is 13.0. The van der Waals surface area contributed by atoms with Crippen molar-refractivity contribution >= 4 is 37.7 Å². The van der Waals surface area contributed by atoms with Gasteiger partial charge in [-0.25, -0.2) is 9.97 Å². The molecule has 0 radical (unpaired) electrons. The second-order valence-electron chi connectivity index (χ2n) is 3.45. The standard InChI is InChI=1S/C12H11Br2N3O/c1-2-15-11-6-12(17-7-16-11)18-10-4-3-8(13)5-9(10)14/h3-7H,2H2,1H3,(H,15,16,17). The maximum atomic E-state index is 5.69. The predicted octanol–water partition coefficient (Wildman–Crippen LogP) is 4.23. The summed E-state index contributed by atoms with van der Waals surface area (Å²) in [5, 5.41) is 3.11. The van der Waals surface area contributed by atoms with Crippen LogP contribution in [-0.2, 0) is 0 Å². The zero-order valence-electron chi connectivity index (χ0n) is 9.65. The third kappa shape index (κ3) is 3.43. The molecule has 1 aromatic carbocycles. The minimum atomic E-state index is 0.504. The lowest BCUT2D eigenvalue weighted by molar-refractivity contribution is 0.459. The molecule has 4 nitrogen and oxygen atoms in total. The number of nitrogens with one attached hydrogen (secondary N) is 1. The summed E-state index contributed by atoms with van der Waals surface area (Å²) in [7, 11) is 0. The first-order valence-corrected chi connectivity index (χ1v) is 6.96. The van der Waals surface area contributed by atoms with Crippen LogP contribution >= 0.6 is 31.9 Å². The summed E-state index contributed by atoms with van der Waals surface area (Å²) in [6, 6.07) is 7.45. The van der Waals surface area contributed by atoms with Crippen LogP contribution in [-0.4, -0.2) is 16.5 Å². The predicted molar refractivity (Wildman–Crippen MR) is 78.1 cm³/mol. The smallest absolute Gasteiger partial charge is 0.224 e. The van der Waals surface area contributed by atoms with Gasteiger partial charge in [0.1, 0.15) is 17.9 Å². The van der Waals surface area contributed by atoms with Crippen molar-refractivity contribution in [1.82, 2.24) is 9.97 Å². The van der Waals surface area contributed by atoms with E-state index in [0.29, 0.717) is 11.6 Å². The van der Waals surface area contributed by atoms with Crippen LogP contribution in [0.1, 0.15) is 6.92 Å². The fraction of sp³-hybridized carbons (Fsp3) is 0.167. The first kappa shape index (κ1) is 13.3. The molecule has 0 atom stereocenters. The molecule has 0 aliphatic rings. The highest BCUT2D eigenvalue weighted by Crippen LogP contribution is 2.31. The summed E-state index contributed by atoms with van der Waals surface area (Å²) < 4.78 is 7.54. The minimum absolute atomic E-state index is 0.504. The molecule has 0 spiro atoms. The van der Waals surface area contributed by atoms with Gasteiger partial charge < -0.3 is 10.1 Å². The van der Waals surface area contributed by atoms with Crippen molar-refractivity contribution in [3.05, 3.63) is 39.5 Å². The Labute approximate surface area is 122 Å². The second-order valence-corrected chi connectivity index (χ2v) is 5.22. The Morgan fingerprint density at radius 1 is 1.22 bits per heavy atom. The fourth-order valence-electron chi connectivity index (χ4n) is 1.34. The average molecular weight is 373 g/mol. The normalized spacial score (nSPS) is 10.2. The van der Waals surface area contributed by atoms with Gasteiger partial charge in [0.25, 0.3) is 0 Å². The lowest BCUT2D eigenvalue weighted by Gasteiger charge is -2.08. The van der Waals surface area contributed by atoms with Gasteiger partial charge in [0.2, 0.25) is 5.88 Å². The molecule has 0 saturated heterocycles. The summed E-state index contributed by atoms with van der Waals surface area (Å²) in [4.78, 5) is 8.16. The first-order valence-electron chi connectivity index (χ1n) is 5.38. The molecule has 0 aliphatic heterocycles. The number of hydrogen-bond donors (Lipinski definition) is 1. The van der Waals surface area contributed by atoms with E-state index in [0.717, 1.165) is 21.3 Å². The van der Waals surface area contributed by atoms with E-state index < -0.39 is 0 Å². The van der Waals surface area contributed by atoms with Crippen LogP contribution in [0.4, 0.5) is 5.82 Å². The van der Waals surface area contributed by atoms with Crippen molar-refractivity contribution in [2.45, 2.75) is 6.92 Å². The molecular weight excluding hydrogens is 362 g/mol. The van der Waals surface area contributed by atoms with Crippen LogP contribution in [0.3, 0.4) is 0 Å². The molecule has 2 rings (SSSR count). The van der Waals surface area contributed by atoms with Crippen LogP contribution in [0.25, 0.3) is 0 Å². The van der Waals surface area contributed by atoms with Gasteiger partial charge in [0.05, 0.1) is 4.47 Å². The number of aromatic nitrogens is 2. The average Bonchev–Trinajstić information content (AvgIpc) is 2.34. The number of hydrogen-bond acceptors (Lipinski definition) is 4. The van der Waals surface area contributed by atoms with Gasteiger partial charge in [0.15, 0.2) is 0 Å². The lowest BCUT2D eigenvalue weighted by atomic mass is 10.3. The number of nitrogens with zero attached hydrogens (tertiary/aromatic N) is 2. The van der Waals surface area contributed by atoms with Crippen molar-refractivity contribution in [3.63, 3.8) is 0 Å². The minimum Gasteiger partial charge on any atom is -0.438 e. The van der Waals surface area contributed by atoms with Crippen molar-refractivity contribution in [1.29, 1.82) is 0 Å². The SMILES string of the molecule is CCNc1cc(Oc2ccc(Br)cc2Br)ncn1. The Morgan fingerprint density at radius 2 is 2.06 bits per heavy atom. The van der Waals surface area contributed by atoms with Gasteiger partial charge in [-0.3, -0.25) is 0 Å². The number of ether oxygens (including phenoxy) is 1. The van der Waals surface area contributed by atoms with E-state index in [9.17, 15) is 0 Å². The number of benzene rings is 1. The molecule has 6 heteroatoms.